The number of Topliss-reactive ketones (excluding diaryl/α,β-unsaturated/α-hetero) is 4. The minimum absolute atomic E-state index is 0.198. The summed E-state index contributed by atoms with van der Waals surface area (Å²) in [6.45, 7) is 0.309. The van der Waals surface area contributed by atoms with Crippen molar-refractivity contribution in [1.29, 1.82) is 0 Å². The van der Waals surface area contributed by atoms with Gasteiger partial charge in [-0.1, -0.05) is 6.42 Å². The number of aliphatic hydroxyl groups is 1. The molecule has 4 aliphatic carbocycles. The second-order valence-electron chi connectivity index (χ2n) is 12.0. The van der Waals surface area contributed by atoms with Crippen molar-refractivity contribution in [2.24, 2.45) is 35.3 Å². The molecule has 0 heterocycles. The Hall–Kier alpha value is -3.16. The summed E-state index contributed by atoms with van der Waals surface area (Å²) in [6, 6.07) is -0.470. The Balaban J connectivity index is 1.59. The zero-order valence-electron chi connectivity index (χ0n) is 22.6. The fourth-order valence-corrected chi connectivity index (χ4v) is 7.34. The van der Waals surface area contributed by atoms with Crippen LogP contribution in [0.25, 0.3) is 0 Å². The molecule has 13 heteroatoms. The maximum Gasteiger partial charge on any atom is 0.417 e. The van der Waals surface area contributed by atoms with E-state index in [0.29, 0.717) is 12.5 Å². The fourth-order valence-electron chi connectivity index (χ4n) is 7.34. The first kappa shape index (κ1) is 29.3. The number of benzene rings is 1. The molecular weight excluding hydrogens is 547 g/mol. The number of nitrogens with zero attached hydrogens (tertiary/aromatic N) is 1. The lowest BCUT2D eigenvalue weighted by atomic mass is 9.52. The van der Waals surface area contributed by atoms with Crippen LogP contribution in [0.1, 0.15) is 52.7 Å². The van der Waals surface area contributed by atoms with E-state index in [2.05, 4.69) is 5.32 Å². The standard InChI is InChI=1S/C28H32F3N3O7/c1-34(2)21-15-7-12-6-14-18(16(35)8-13(20(14)28(29,30)31)10-33-9-11-4-3-5-11)22(36)17(12)24(38)27(15,41)25(39)19(23(21)37)26(32)40/h8,11-12,15,17,19,21,33,35,41H,3-7,9-10H2,1-2H3,(H2,32,40)/t12-,15-,17?,19?,21-,27-/m0/s1. The van der Waals surface area contributed by atoms with Gasteiger partial charge in [0.1, 0.15) is 5.75 Å². The van der Waals surface area contributed by atoms with E-state index >= 15 is 0 Å². The minimum atomic E-state index is -4.89. The van der Waals surface area contributed by atoms with Gasteiger partial charge in [-0.3, -0.25) is 28.9 Å². The number of ketones is 4. The predicted octanol–water partition coefficient (Wildman–Crippen LogP) is 0.776. The van der Waals surface area contributed by atoms with E-state index in [1.54, 1.807) is 0 Å². The van der Waals surface area contributed by atoms with E-state index in [4.69, 9.17) is 5.73 Å². The third-order valence-corrected chi connectivity index (χ3v) is 9.40. The quantitative estimate of drug-likeness (QED) is 0.356. The third-order valence-electron chi connectivity index (χ3n) is 9.40. The third kappa shape index (κ3) is 4.40. The molecule has 0 spiro atoms. The monoisotopic (exact) mass is 579 g/mol. The van der Waals surface area contributed by atoms with Gasteiger partial charge in [-0.15, -0.1) is 0 Å². The number of carbonyl (C=O) groups excluding carboxylic acids is 5. The number of alkyl halides is 3. The lowest BCUT2D eigenvalue weighted by molar-refractivity contribution is -0.181. The number of fused-ring (bicyclic) bond motifs is 3. The van der Waals surface area contributed by atoms with Crippen LogP contribution in [-0.4, -0.2) is 76.4 Å². The second kappa shape index (κ2) is 9.99. The molecule has 3 fully saturated rings. The highest BCUT2D eigenvalue weighted by molar-refractivity contribution is 6.32. The van der Waals surface area contributed by atoms with Gasteiger partial charge in [0.2, 0.25) is 5.91 Å². The van der Waals surface area contributed by atoms with Crippen LogP contribution >= 0.6 is 0 Å². The van der Waals surface area contributed by atoms with Crippen LogP contribution in [-0.2, 0) is 38.3 Å². The van der Waals surface area contributed by atoms with Crippen molar-refractivity contribution < 1.29 is 47.4 Å². The van der Waals surface area contributed by atoms with Crippen molar-refractivity contribution >= 4 is 29.0 Å². The van der Waals surface area contributed by atoms with Gasteiger partial charge in [0.15, 0.2) is 34.7 Å². The number of amides is 1. The molecule has 0 aliphatic heterocycles. The number of nitrogens with two attached hydrogens (primary N) is 1. The number of phenolic OH excluding ortho intramolecular Hbond substituents is 1. The van der Waals surface area contributed by atoms with Crippen molar-refractivity contribution in [3.05, 3.63) is 28.3 Å². The Morgan fingerprint density at radius 3 is 2.37 bits per heavy atom. The van der Waals surface area contributed by atoms with Gasteiger partial charge in [-0.05, 0) is 75.4 Å². The van der Waals surface area contributed by atoms with E-state index in [0.717, 1.165) is 25.3 Å². The smallest absolute Gasteiger partial charge is 0.417 e. The highest BCUT2D eigenvalue weighted by Gasteiger charge is 2.69. The van der Waals surface area contributed by atoms with Crippen molar-refractivity contribution in [3.8, 4) is 5.75 Å². The molecule has 1 aromatic carbocycles. The van der Waals surface area contributed by atoms with Gasteiger partial charge in [-0.2, -0.15) is 13.2 Å². The first-order chi connectivity index (χ1) is 19.1. The molecule has 4 aliphatic rings. The Bertz CT molecular complexity index is 1360. The Morgan fingerprint density at radius 2 is 1.83 bits per heavy atom. The molecule has 0 saturated heterocycles. The van der Waals surface area contributed by atoms with Gasteiger partial charge in [0, 0.05) is 12.5 Å². The molecule has 0 aromatic heterocycles. The largest absolute Gasteiger partial charge is 0.507 e. The molecule has 6 atom stereocenters. The van der Waals surface area contributed by atoms with Crippen LogP contribution in [0.4, 0.5) is 13.2 Å². The molecular formula is C28H32F3N3O7. The highest BCUT2D eigenvalue weighted by Crippen LogP contribution is 2.52. The van der Waals surface area contributed by atoms with Gasteiger partial charge in [-0.25, -0.2) is 0 Å². The number of hydrogen-bond acceptors (Lipinski definition) is 9. The molecule has 10 nitrogen and oxygen atoms in total. The molecule has 41 heavy (non-hydrogen) atoms. The molecule has 2 unspecified atom stereocenters. The summed E-state index contributed by atoms with van der Waals surface area (Å²) in [6.07, 6.45) is -2.65. The van der Waals surface area contributed by atoms with Crippen LogP contribution in [0.5, 0.6) is 5.75 Å². The van der Waals surface area contributed by atoms with Crippen LogP contribution in [0, 0.1) is 29.6 Å². The number of likely N-dealkylation sites (N-methyl/N-ethyl adjacent to an activating group) is 1. The normalized spacial score (nSPS) is 31.9. The van der Waals surface area contributed by atoms with Crippen molar-refractivity contribution in [1.82, 2.24) is 10.2 Å². The van der Waals surface area contributed by atoms with Crippen LogP contribution in [0.2, 0.25) is 0 Å². The summed E-state index contributed by atoms with van der Waals surface area (Å²) in [7, 11) is 2.86. The van der Waals surface area contributed by atoms with E-state index in [1.807, 2.05) is 0 Å². The molecule has 0 radical (unpaired) electrons. The van der Waals surface area contributed by atoms with Gasteiger partial charge in [0.25, 0.3) is 0 Å². The Labute approximate surface area is 233 Å². The van der Waals surface area contributed by atoms with Gasteiger partial charge < -0.3 is 21.3 Å². The summed E-state index contributed by atoms with van der Waals surface area (Å²) in [5.41, 5.74) is -0.0949. The summed E-state index contributed by atoms with van der Waals surface area (Å²) in [5.74, 6) is -12.9. The molecule has 5 rings (SSSR count). The van der Waals surface area contributed by atoms with E-state index in [9.17, 15) is 47.4 Å². The van der Waals surface area contributed by atoms with E-state index in [1.165, 1.54) is 19.0 Å². The lowest BCUT2D eigenvalue weighted by Gasteiger charge is -2.52. The zero-order chi connectivity index (χ0) is 30.2. The maximum atomic E-state index is 14.5. The maximum absolute atomic E-state index is 14.5. The number of nitrogens with one attached hydrogen (secondary N) is 1. The number of rotatable bonds is 6. The van der Waals surface area contributed by atoms with Crippen molar-refractivity contribution in [3.63, 3.8) is 0 Å². The number of hydrogen-bond donors (Lipinski definition) is 4. The average molecular weight is 580 g/mol. The number of phenols is 1. The van der Waals surface area contributed by atoms with Gasteiger partial charge in [0.05, 0.1) is 23.1 Å². The van der Waals surface area contributed by atoms with Crippen molar-refractivity contribution in [2.45, 2.75) is 56.5 Å². The zero-order valence-corrected chi connectivity index (χ0v) is 22.6. The summed E-state index contributed by atoms with van der Waals surface area (Å²) in [5, 5.41) is 25.4. The second-order valence-corrected chi connectivity index (χ2v) is 12.0. The van der Waals surface area contributed by atoms with Crippen LogP contribution < -0.4 is 11.1 Å². The Morgan fingerprint density at radius 1 is 1.17 bits per heavy atom. The summed E-state index contributed by atoms with van der Waals surface area (Å²) >= 11 is 0. The SMILES string of the molecule is CN(C)[C@@H]1C(=O)C(C(N)=O)C(=O)[C@@]2(O)C(=O)C3C(=O)c4c(O)cc(CNCC5CCC5)c(C(F)(F)F)c4C[C@H]3C[C@@H]12. The molecule has 3 saturated carbocycles. The highest BCUT2D eigenvalue weighted by atomic mass is 19.4. The molecule has 5 N–H and O–H groups in total. The molecule has 0 bridgehead atoms. The fraction of sp³-hybridized carbons (Fsp3) is 0.607. The molecule has 1 aromatic rings. The Kier molecular flexibility index (Phi) is 7.14. The molecule has 222 valence electrons. The van der Waals surface area contributed by atoms with Crippen LogP contribution in [0.15, 0.2) is 6.07 Å². The van der Waals surface area contributed by atoms with Crippen LogP contribution in [0.3, 0.4) is 0 Å². The lowest BCUT2D eigenvalue weighted by Crippen LogP contribution is -2.74. The topological polar surface area (TPSA) is 167 Å². The number of aromatic hydroxyl groups is 1. The average Bonchev–Trinajstić information content (AvgIpc) is 2.81. The predicted molar refractivity (Wildman–Crippen MR) is 135 cm³/mol. The minimum Gasteiger partial charge on any atom is -0.507 e. The number of primary amides is 1. The first-order valence-electron chi connectivity index (χ1n) is 13.6. The summed E-state index contributed by atoms with van der Waals surface area (Å²) in [4.78, 5) is 67.3. The van der Waals surface area contributed by atoms with Gasteiger partial charge >= 0.3 is 6.18 Å². The molecule has 1 amide bonds. The van der Waals surface area contributed by atoms with E-state index in [-0.39, 0.29) is 18.5 Å². The van der Waals surface area contributed by atoms with Crippen molar-refractivity contribution in [2.75, 3.05) is 20.6 Å². The summed E-state index contributed by atoms with van der Waals surface area (Å²) < 4.78 is 43.5. The number of carbonyl (C=O) groups is 5. The first-order valence-corrected chi connectivity index (χ1v) is 13.6. The van der Waals surface area contributed by atoms with E-state index < -0.39 is 99.4 Å². The number of halogens is 3.